The molecule has 0 aromatic heterocycles. The molecule has 0 unspecified atom stereocenters. The maximum Gasteiger partial charge on any atom is 0.335 e. The monoisotopic (exact) mass is 470 g/mol. The Balaban J connectivity index is 1.74. The van der Waals surface area contributed by atoms with Gasteiger partial charge in [0.05, 0.1) is 16.7 Å². The second-order valence-electron chi connectivity index (χ2n) is 8.88. The molecule has 176 valence electrons. The number of nitrogens with one attached hydrogen (secondary N) is 1. The summed E-state index contributed by atoms with van der Waals surface area (Å²) in [7, 11) is 1.75. The quantitative estimate of drug-likeness (QED) is 0.353. The Morgan fingerprint density at radius 3 is 2.34 bits per heavy atom. The molecule has 3 aromatic carbocycles. The van der Waals surface area contributed by atoms with Crippen molar-refractivity contribution < 1.29 is 19.3 Å². The topological polar surface area (TPSA) is 113 Å². The van der Waals surface area contributed by atoms with E-state index in [0.29, 0.717) is 22.5 Å². The average molecular weight is 470 g/mol. The Labute approximate surface area is 201 Å². The molecule has 1 saturated heterocycles. The predicted octanol–water partition coefficient (Wildman–Crippen LogP) is 3.91. The molecule has 2 aliphatic heterocycles. The number of nitro benzene ring substituents is 1. The first kappa shape index (κ1) is 22.3. The molecule has 1 fully saturated rings. The van der Waals surface area contributed by atoms with E-state index >= 15 is 0 Å². The summed E-state index contributed by atoms with van der Waals surface area (Å²) in [5, 5.41) is 13.8. The number of barbiturate groups is 1. The molecule has 5 rings (SSSR count). The number of amides is 4. The third-order valence-corrected chi connectivity index (χ3v) is 6.80. The first-order valence-electron chi connectivity index (χ1n) is 11.1. The van der Waals surface area contributed by atoms with Crippen molar-refractivity contribution in [3.05, 3.63) is 99.6 Å². The molecule has 2 heterocycles. The molecule has 2 atom stereocenters. The van der Waals surface area contributed by atoms with E-state index in [1.165, 1.54) is 12.1 Å². The van der Waals surface area contributed by atoms with E-state index < -0.39 is 34.2 Å². The van der Waals surface area contributed by atoms with E-state index in [2.05, 4.69) is 5.32 Å². The largest absolute Gasteiger partial charge is 0.366 e. The number of nitrogens with zero attached hydrogens (tertiary/aromatic N) is 3. The highest BCUT2D eigenvalue weighted by Gasteiger charge is 2.62. The molecule has 0 bridgehead atoms. The van der Waals surface area contributed by atoms with E-state index in [9.17, 15) is 24.5 Å². The summed E-state index contributed by atoms with van der Waals surface area (Å²) < 4.78 is 0. The Morgan fingerprint density at radius 1 is 1.00 bits per heavy atom. The van der Waals surface area contributed by atoms with E-state index in [1.54, 1.807) is 42.3 Å². The lowest BCUT2D eigenvalue weighted by Crippen LogP contribution is -2.69. The van der Waals surface area contributed by atoms with Gasteiger partial charge in [0.25, 0.3) is 11.6 Å². The molecule has 0 saturated carbocycles. The normalized spacial score (nSPS) is 21.7. The maximum absolute atomic E-state index is 14.3. The summed E-state index contributed by atoms with van der Waals surface area (Å²) in [5.41, 5.74) is 1.28. The fourth-order valence-electron chi connectivity index (χ4n) is 5.16. The number of carbonyl (C=O) groups is 3. The average Bonchev–Trinajstić information content (AvgIpc) is 2.84. The lowest BCUT2D eigenvalue weighted by molar-refractivity contribution is -0.384. The van der Waals surface area contributed by atoms with Gasteiger partial charge in [-0.1, -0.05) is 48.0 Å². The van der Waals surface area contributed by atoms with Crippen molar-refractivity contribution in [1.29, 1.82) is 0 Å². The van der Waals surface area contributed by atoms with Crippen molar-refractivity contribution in [2.45, 2.75) is 19.4 Å². The van der Waals surface area contributed by atoms with Crippen molar-refractivity contribution in [1.82, 2.24) is 5.32 Å². The van der Waals surface area contributed by atoms with Gasteiger partial charge in [-0.3, -0.25) is 25.0 Å². The van der Waals surface area contributed by atoms with Crippen molar-refractivity contribution in [2.75, 3.05) is 16.8 Å². The Kier molecular flexibility index (Phi) is 5.12. The first-order chi connectivity index (χ1) is 16.7. The molecule has 4 amide bonds. The molecule has 1 N–H and O–H groups in total. The zero-order valence-electron chi connectivity index (χ0n) is 19.1. The number of rotatable bonds is 3. The highest BCUT2D eigenvalue weighted by Crippen LogP contribution is 2.52. The van der Waals surface area contributed by atoms with Crippen LogP contribution < -0.4 is 15.1 Å². The molecular weight excluding hydrogens is 448 g/mol. The SMILES string of the molecule is Cc1ccc(N2C(=O)NC(=O)[C@@]3(Cc4cc([N+](=O)[O-])ccc4N(C)[C@H]3c3ccccc3)C2=O)cc1. The van der Waals surface area contributed by atoms with Crippen molar-refractivity contribution in [3.63, 3.8) is 0 Å². The standard InChI is InChI=1S/C26H22N4O5/c1-16-8-10-19(11-9-16)29-24(32)26(23(31)27-25(29)33)15-18-14-20(30(34)35)12-13-21(18)28(2)22(26)17-6-4-3-5-7-17/h3-14,22H,15H2,1-2H3,(H,27,31,33)/t22-,26-/m0/s1. The number of aryl methyl sites for hydroxylation is 1. The van der Waals surface area contributed by atoms with Crippen LogP contribution in [-0.2, 0) is 16.0 Å². The number of hydrogen-bond acceptors (Lipinski definition) is 6. The molecule has 3 aromatic rings. The van der Waals surface area contributed by atoms with Crippen molar-refractivity contribution in [3.8, 4) is 0 Å². The zero-order valence-corrected chi connectivity index (χ0v) is 19.1. The van der Waals surface area contributed by atoms with Crippen LogP contribution in [0.4, 0.5) is 21.9 Å². The van der Waals surface area contributed by atoms with E-state index in [0.717, 1.165) is 10.5 Å². The van der Waals surface area contributed by atoms with Gasteiger partial charge in [0.1, 0.15) is 0 Å². The summed E-state index contributed by atoms with van der Waals surface area (Å²) >= 11 is 0. The number of hydrogen-bond donors (Lipinski definition) is 1. The minimum absolute atomic E-state index is 0.103. The molecular formula is C26H22N4O5. The molecule has 2 aliphatic rings. The summed E-state index contributed by atoms with van der Waals surface area (Å²) in [6, 6.07) is 18.8. The van der Waals surface area contributed by atoms with Gasteiger partial charge in [-0.15, -0.1) is 0 Å². The van der Waals surface area contributed by atoms with Gasteiger partial charge in [-0.25, -0.2) is 9.69 Å². The fraction of sp³-hybridized carbons (Fsp3) is 0.192. The summed E-state index contributed by atoms with van der Waals surface area (Å²) in [4.78, 5) is 54.5. The number of fused-ring (bicyclic) bond motifs is 1. The predicted molar refractivity (Wildman–Crippen MR) is 129 cm³/mol. The number of non-ortho nitro benzene ring substituents is 1. The number of imide groups is 2. The number of urea groups is 1. The lowest BCUT2D eigenvalue weighted by Gasteiger charge is -2.50. The fourth-order valence-corrected chi connectivity index (χ4v) is 5.16. The van der Waals surface area contributed by atoms with Crippen LogP contribution in [0.25, 0.3) is 0 Å². The minimum atomic E-state index is -1.74. The Hall–Kier alpha value is -4.53. The van der Waals surface area contributed by atoms with Gasteiger partial charge in [0, 0.05) is 31.3 Å². The smallest absolute Gasteiger partial charge is 0.335 e. The lowest BCUT2D eigenvalue weighted by atomic mass is 9.66. The molecule has 1 spiro atoms. The van der Waals surface area contributed by atoms with Crippen LogP contribution in [0, 0.1) is 22.5 Å². The van der Waals surface area contributed by atoms with E-state index in [-0.39, 0.29) is 12.1 Å². The zero-order chi connectivity index (χ0) is 24.9. The van der Waals surface area contributed by atoms with Gasteiger partial charge in [0.2, 0.25) is 5.91 Å². The van der Waals surface area contributed by atoms with Gasteiger partial charge in [0.15, 0.2) is 5.41 Å². The third kappa shape index (κ3) is 3.35. The Morgan fingerprint density at radius 2 is 1.69 bits per heavy atom. The minimum Gasteiger partial charge on any atom is -0.366 e. The molecule has 35 heavy (non-hydrogen) atoms. The molecule has 0 aliphatic carbocycles. The summed E-state index contributed by atoms with van der Waals surface area (Å²) in [6.07, 6.45) is -0.103. The van der Waals surface area contributed by atoms with Crippen LogP contribution in [0.3, 0.4) is 0 Å². The van der Waals surface area contributed by atoms with E-state index in [1.807, 2.05) is 37.3 Å². The van der Waals surface area contributed by atoms with Crippen LogP contribution >= 0.6 is 0 Å². The van der Waals surface area contributed by atoms with Crippen LogP contribution in [-0.4, -0.2) is 29.8 Å². The van der Waals surface area contributed by atoms with Crippen LogP contribution in [0.2, 0.25) is 0 Å². The second-order valence-corrected chi connectivity index (χ2v) is 8.88. The van der Waals surface area contributed by atoms with Crippen molar-refractivity contribution in [2.24, 2.45) is 5.41 Å². The van der Waals surface area contributed by atoms with Crippen LogP contribution in [0.1, 0.15) is 22.7 Å². The first-order valence-corrected chi connectivity index (χ1v) is 11.1. The number of anilines is 2. The van der Waals surface area contributed by atoms with Crippen molar-refractivity contribution >= 4 is 34.9 Å². The second kappa shape index (κ2) is 8.05. The van der Waals surface area contributed by atoms with Gasteiger partial charge >= 0.3 is 6.03 Å². The number of carbonyl (C=O) groups excluding carboxylic acids is 3. The van der Waals surface area contributed by atoms with Gasteiger partial charge in [-0.05, 0) is 36.2 Å². The van der Waals surface area contributed by atoms with Crippen LogP contribution in [0.5, 0.6) is 0 Å². The highest BCUT2D eigenvalue weighted by atomic mass is 16.6. The highest BCUT2D eigenvalue weighted by molar-refractivity contribution is 6.30. The third-order valence-electron chi connectivity index (χ3n) is 6.80. The van der Waals surface area contributed by atoms with E-state index in [4.69, 9.17) is 0 Å². The van der Waals surface area contributed by atoms with Gasteiger partial charge in [-0.2, -0.15) is 0 Å². The maximum atomic E-state index is 14.3. The Bertz CT molecular complexity index is 1370. The summed E-state index contributed by atoms with van der Waals surface area (Å²) in [6.45, 7) is 1.89. The number of nitro groups is 1. The molecule has 0 radical (unpaired) electrons. The number of benzene rings is 3. The van der Waals surface area contributed by atoms with Crippen LogP contribution in [0.15, 0.2) is 72.8 Å². The molecule has 9 nitrogen and oxygen atoms in total. The molecule has 9 heteroatoms. The van der Waals surface area contributed by atoms with Gasteiger partial charge < -0.3 is 4.90 Å². The summed E-state index contributed by atoms with van der Waals surface area (Å²) in [5.74, 6) is -1.40.